The van der Waals surface area contributed by atoms with E-state index in [9.17, 15) is 9.18 Å². The predicted octanol–water partition coefficient (Wildman–Crippen LogP) is 2.61. The lowest BCUT2D eigenvalue weighted by molar-refractivity contribution is -0.127. The molecule has 1 aliphatic heterocycles. The molecule has 0 bridgehead atoms. The van der Waals surface area contributed by atoms with Crippen molar-refractivity contribution in [2.45, 2.75) is 32.5 Å². The number of benzene rings is 1. The number of hydrogen-bond donors (Lipinski definition) is 0. The Morgan fingerprint density at radius 3 is 2.88 bits per heavy atom. The fraction of sp³-hybridized carbons (Fsp3) is 0.438. The molecule has 1 aromatic carbocycles. The average Bonchev–Trinajstić information content (AvgIpc) is 2.94. The fourth-order valence-corrected chi connectivity index (χ4v) is 3.20. The second kappa shape index (κ2) is 6.43. The Labute approximate surface area is 144 Å². The highest BCUT2D eigenvalue weighted by atomic mass is 32.2. The molecule has 6 nitrogen and oxygen atoms in total. The molecule has 3 rings (SSSR count). The molecule has 1 aliphatic rings. The minimum absolute atomic E-state index is 0.00384. The van der Waals surface area contributed by atoms with Gasteiger partial charge in [-0.2, -0.15) is 0 Å². The third kappa shape index (κ3) is 3.38. The minimum Gasteiger partial charge on any atom is -0.485 e. The molecule has 24 heavy (non-hydrogen) atoms. The molecule has 0 unspecified atom stereocenters. The quantitative estimate of drug-likeness (QED) is 0.852. The summed E-state index contributed by atoms with van der Waals surface area (Å²) in [5.41, 5.74) is -0.510. The molecule has 0 N–H and O–H groups in total. The molecule has 8 heteroatoms. The lowest BCUT2D eigenvalue weighted by Gasteiger charge is -2.33. The Kier molecular flexibility index (Phi) is 4.49. The van der Waals surface area contributed by atoms with Gasteiger partial charge in [0.1, 0.15) is 18.2 Å². The maximum Gasteiger partial charge on any atom is 0.246 e. The van der Waals surface area contributed by atoms with E-state index in [4.69, 9.17) is 4.74 Å². The highest BCUT2D eigenvalue weighted by Gasteiger charge is 2.33. The molecule has 0 fully saturated rings. The van der Waals surface area contributed by atoms with Crippen molar-refractivity contribution in [1.82, 2.24) is 14.9 Å². The Bertz CT molecular complexity index is 757. The van der Waals surface area contributed by atoms with Crippen molar-refractivity contribution >= 4 is 17.7 Å². The third-order valence-electron chi connectivity index (χ3n) is 3.49. The molecule has 1 amide bonds. The van der Waals surface area contributed by atoms with E-state index < -0.39 is 5.41 Å². The average molecular weight is 350 g/mol. The normalized spacial score (nSPS) is 14.4. The Morgan fingerprint density at radius 1 is 1.38 bits per heavy atom. The van der Waals surface area contributed by atoms with Crippen LogP contribution in [0.5, 0.6) is 5.75 Å². The van der Waals surface area contributed by atoms with Crippen LogP contribution in [-0.4, -0.2) is 33.1 Å². The number of hydrogen-bond acceptors (Lipinski definition) is 5. The maximum atomic E-state index is 13.2. The molecule has 0 spiro atoms. The van der Waals surface area contributed by atoms with Crippen molar-refractivity contribution in [3.05, 3.63) is 35.9 Å². The van der Waals surface area contributed by atoms with Gasteiger partial charge in [-0.25, -0.2) is 14.1 Å². The summed E-state index contributed by atoms with van der Waals surface area (Å²) in [4.78, 5) is 12.7. The van der Waals surface area contributed by atoms with E-state index in [1.165, 1.54) is 12.1 Å². The first kappa shape index (κ1) is 16.8. The van der Waals surface area contributed by atoms with Crippen LogP contribution in [0.2, 0.25) is 0 Å². The molecule has 0 atom stereocenters. The topological polar surface area (TPSA) is 60.3 Å². The van der Waals surface area contributed by atoms with Crippen LogP contribution in [0.1, 0.15) is 26.6 Å². The highest BCUT2D eigenvalue weighted by molar-refractivity contribution is 7.99. The van der Waals surface area contributed by atoms with Crippen LogP contribution in [0.3, 0.4) is 0 Å². The first-order chi connectivity index (χ1) is 11.4. The molecule has 2 heterocycles. The standard InChI is InChI=1S/C16H19FN4O2S/c1-16(2,3)14(22)20-7-8-24-15-19-18-13(21(15)20)10-23-12-6-4-5-11(17)9-12/h4-6,9H,7-8,10H2,1-3H3. The van der Waals surface area contributed by atoms with E-state index in [2.05, 4.69) is 10.2 Å². The summed E-state index contributed by atoms with van der Waals surface area (Å²) in [7, 11) is 0. The number of thioether (sulfide) groups is 1. The number of ether oxygens (including phenoxy) is 1. The number of nitrogens with zero attached hydrogens (tertiary/aromatic N) is 4. The van der Waals surface area contributed by atoms with Crippen LogP contribution in [0.15, 0.2) is 29.4 Å². The smallest absolute Gasteiger partial charge is 0.246 e. The summed E-state index contributed by atoms with van der Waals surface area (Å²) in [6.07, 6.45) is 0. The third-order valence-corrected chi connectivity index (χ3v) is 4.39. The maximum absolute atomic E-state index is 13.2. The van der Waals surface area contributed by atoms with Gasteiger partial charge in [-0.05, 0) is 12.1 Å². The second-order valence-electron chi connectivity index (χ2n) is 6.48. The SMILES string of the molecule is CC(C)(C)C(=O)N1CCSc2nnc(COc3cccc(F)c3)n21. The van der Waals surface area contributed by atoms with E-state index in [1.54, 1.807) is 33.6 Å². The summed E-state index contributed by atoms with van der Waals surface area (Å²) in [5, 5.41) is 10.6. The second-order valence-corrected chi connectivity index (χ2v) is 7.55. The van der Waals surface area contributed by atoms with Crippen LogP contribution in [0.4, 0.5) is 4.39 Å². The summed E-state index contributed by atoms with van der Waals surface area (Å²) < 4.78 is 20.5. The van der Waals surface area contributed by atoms with Crippen LogP contribution in [-0.2, 0) is 11.4 Å². The predicted molar refractivity (Wildman–Crippen MR) is 89.0 cm³/mol. The molecule has 0 saturated heterocycles. The number of amides is 1. The van der Waals surface area contributed by atoms with Crippen LogP contribution in [0, 0.1) is 11.2 Å². The molecular weight excluding hydrogens is 331 g/mol. The molecule has 2 aromatic rings. The molecule has 128 valence electrons. The van der Waals surface area contributed by atoms with Gasteiger partial charge in [0.15, 0.2) is 5.82 Å². The molecule has 0 saturated carbocycles. The van der Waals surface area contributed by atoms with Crippen LogP contribution >= 0.6 is 11.8 Å². The molecule has 0 aliphatic carbocycles. The zero-order valence-corrected chi connectivity index (χ0v) is 14.6. The fourth-order valence-electron chi connectivity index (χ4n) is 2.33. The number of aromatic nitrogens is 3. The minimum atomic E-state index is -0.510. The van der Waals surface area contributed by atoms with Gasteiger partial charge in [-0.3, -0.25) is 4.79 Å². The van der Waals surface area contributed by atoms with Gasteiger partial charge < -0.3 is 4.74 Å². The first-order valence-electron chi connectivity index (χ1n) is 7.64. The monoisotopic (exact) mass is 350 g/mol. The molecular formula is C16H19FN4O2S. The Hall–Kier alpha value is -2.09. The summed E-state index contributed by atoms with van der Waals surface area (Å²) >= 11 is 1.55. The van der Waals surface area contributed by atoms with Crippen LogP contribution in [0.25, 0.3) is 0 Å². The van der Waals surface area contributed by atoms with Gasteiger partial charge in [0, 0.05) is 17.2 Å². The van der Waals surface area contributed by atoms with E-state index in [1.807, 2.05) is 20.8 Å². The number of fused-ring (bicyclic) bond motifs is 1. The van der Waals surface area contributed by atoms with Crippen molar-refractivity contribution < 1.29 is 13.9 Å². The van der Waals surface area contributed by atoms with Gasteiger partial charge in [0.25, 0.3) is 0 Å². The highest BCUT2D eigenvalue weighted by Crippen LogP contribution is 2.26. The summed E-state index contributed by atoms with van der Waals surface area (Å²) in [6.45, 7) is 6.32. The van der Waals surface area contributed by atoms with Crippen molar-refractivity contribution in [1.29, 1.82) is 0 Å². The van der Waals surface area contributed by atoms with Gasteiger partial charge in [-0.15, -0.1) is 10.2 Å². The van der Waals surface area contributed by atoms with Crippen molar-refractivity contribution in [2.75, 3.05) is 17.3 Å². The van der Waals surface area contributed by atoms with Gasteiger partial charge in [0.05, 0.1) is 6.54 Å². The van der Waals surface area contributed by atoms with Gasteiger partial charge in [0.2, 0.25) is 11.1 Å². The number of halogens is 1. The van der Waals surface area contributed by atoms with Crippen molar-refractivity contribution in [3.63, 3.8) is 0 Å². The lowest BCUT2D eigenvalue weighted by Crippen LogP contribution is -2.50. The summed E-state index contributed by atoms with van der Waals surface area (Å²) in [5.74, 6) is 1.32. The Morgan fingerprint density at radius 2 is 2.17 bits per heavy atom. The van der Waals surface area contributed by atoms with Gasteiger partial charge >= 0.3 is 0 Å². The molecule has 0 radical (unpaired) electrons. The zero-order valence-electron chi connectivity index (χ0n) is 13.8. The van der Waals surface area contributed by atoms with E-state index >= 15 is 0 Å². The Balaban J connectivity index is 1.84. The largest absolute Gasteiger partial charge is 0.485 e. The molecule has 1 aromatic heterocycles. The van der Waals surface area contributed by atoms with E-state index in [-0.39, 0.29) is 18.3 Å². The van der Waals surface area contributed by atoms with Gasteiger partial charge in [-0.1, -0.05) is 38.6 Å². The van der Waals surface area contributed by atoms with Crippen LogP contribution < -0.4 is 9.75 Å². The van der Waals surface area contributed by atoms with E-state index in [0.29, 0.717) is 23.3 Å². The number of carbonyl (C=O) groups excluding carboxylic acids is 1. The van der Waals surface area contributed by atoms with Crippen molar-refractivity contribution in [3.8, 4) is 5.75 Å². The number of carbonyl (C=O) groups is 1. The lowest BCUT2D eigenvalue weighted by atomic mass is 9.95. The first-order valence-corrected chi connectivity index (χ1v) is 8.62. The van der Waals surface area contributed by atoms with Crippen molar-refractivity contribution in [2.24, 2.45) is 5.41 Å². The zero-order chi connectivity index (χ0) is 17.3. The van der Waals surface area contributed by atoms with E-state index in [0.717, 1.165) is 5.75 Å². The number of rotatable bonds is 3. The summed E-state index contributed by atoms with van der Waals surface area (Å²) in [6, 6.07) is 5.91.